The molecule has 1 aliphatic carbocycles. The molecule has 2 aliphatic rings. The van der Waals surface area contributed by atoms with Gasteiger partial charge in [0.2, 0.25) is 0 Å². The lowest BCUT2D eigenvalue weighted by molar-refractivity contribution is -0.123. The minimum atomic E-state index is -0.603. The zero-order valence-corrected chi connectivity index (χ0v) is 16.3. The highest BCUT2D eigenvalue weighted by atomic mass is 35.5. The Morgan fingerprint density at radius 1 is 1.43 bits per heavy atom. The molecule has 1 heterocycles. The van der Waals surface area contributed by atoms with E-state index in [9.17, 15) is 14.0 Å². The number of nitrogens with one attached hydrogen (secondary N) is 1. The van der Waals surface area contributed by atoms with E-state index in [-0.39, 0.29) is 35.5 Å². The van der Waals surface area contributed by atoms with Gasteiger partial charge in [0.1, 0.15) is 17.7 Å². The summed E-state index contributed by atoms with van der Waals surface area (Å²) in [5.41, 5.74) is 0.769. The Bertz CT molecular complexity index is 754. The highest BCUT2D eigenvalue weighted by Gasteiger charge is 2.34. The van der Waals surface area contributed by atoms with Gasteiger partial charge in [0.25, 0.3) is 5.91 Å². The Labute approximate surface area is 168 Å². The Morgan fingerprint density at radius 2 is 2.21 bits per heavy atom. The van der Waals surface area contributed by atoms with E-state index in [0.29, 0.717) is 25.4 Å². The zero-order chi connectivity index (χ0) is 20.1. The first-order valence-corrected chi connectivity index (χ1v) is 9.78. The third kappa shape index (κ3) is 5.38. The number of cyclic esters (lactones) is 1. The first kappa shape index (κ1) is 20.5. The van der Waals surface area contributed by atoms with E-state index in [2.05, 4.69) is 11.9 Å². The molecule has 0 radical (unpaired) electrons. The molecule has 6 nitrogen and oxygen atoms in total. The number of carbonyl (C=O) groups excluding carboxylic acids is 2. The van der Waals surface area contributed by atoms with E-state index in [1.807, 2.05) is 0 Å². The van der Waals surface area contributed by atoms with Gasteiger partial charge in [-0.1, -0.05) is 24.6 Å². The summed E-state index contributed by atoms with van der Waals surface area (Å²) >= 11 is 5.60. The van der Waals surface area contributed by atoms with E-state index < -0.39 is 5.82 Å². The second-order valence-electron chi connectivity index (χ2n) is 7.20. The number of ether oxygens (including phenoxy) is 2. The van der Waals surface area contributed by atoms with Crippen molar-refractivity contribution in [3.8, 4) is 5.75 Å². The van der Waals surface area contributed by atoms with Crippen LogP contribution in [0.15, 0.2) is 30.4 Å². The summed E-state index contributed by atoms with van der Waals surface area (Å²) in [4.78, 5) is 25.6. The van der Waals surface area contributed by atoms with Gasteiger partial charge in [-0.15, -0.1) is 0 Å². The molecule has 1 atom stereocenters. The summed E-state index contributed by atoms with van der Waals surface area (Å²) in [5.74, 6) is -0.120. The molecule has 2 amide bonds. The molecule has 1 aliphatic heterocycles. The van der Waals surface area contributed by atoms with Crippen molar-refractivity contribution >= 4 is 23.6 Å². The molecule has 28 heavy (non-hydrogen) atoms. The number of hydrogen-bond acceptors (Lipinski definition) is 4. The Kier molecular flexibility index (Phi) is 6.78. The summed E-state index contributed by atoms with van der Waals surface area (Å²) < 4.78 is 24.0. The van der Waals surface area contributed by atoms with E-state index >= 15 is 0 Å². The predicted molar refractivity (Wildman–Crippen MR) is 103 cm³/mol. The molecule has 1 aromatic rings. The van der Waals surface area contributed by atoms with Gasteiger partial charge in [0.15, 0.2) is 6.61 Å². The van der Waals surface area contributed by atoms with Crippen LogP contribution in [0.3, 0.4) is 0 Å². The van der Waals surface area contributed by atoms with Crippen molar-refractivity contribution in [3.05, 3.63) is 41.2 Å². The molecule has 0 unspecified atom stereocenters. The SMILES string of the molecule is C=C(CCNC(=O)COc1ccc(Cl)c(F)c1)[C@H]1CN(CC2CCC2)C(=O)O1. The van der Waals surface area contributed by atoms with Gasteiger partial charge >= 0.3 is 6.09 Å². The second-order valence-corrected chi connectivity index (χ2v) is 7.60. The standard InChI is InChI=1S/C20H24ClFN2O4/c1-13(18-11-24(20(26)28-18)10-14-3-2-4-14)7-8-23-19(25)12-27-15-5-6-16(21)17(22)9-15/h5-6,9,14,18H,1-4,7-8,10-12H2,(H,23,25)/t18-/m1/s1. The number of nitrogens with zero attached hydrogens (tertiary/aromatic N) is 1. The van der Waals surface area contributed by atoms with Crippen molar-refractivity contribution in [2.24, 2.45) is 5.92 Å². The summed E-state index contributed by atoms with van der Waals surface area (Å²) in [6, 6.07) is 3.98. The highest BCUT2D eigenvalue weighted by Crippen LogP contribution is 2.29. The second kappa shape index (κ2) is 9.28. The number of carbonyl (C=O) groups is 2. The minimum absolute atomic E-state index is 0.00539. The molecule has 8 heteroatoms. The number of amides is 2. The average Bonchev–Trinajstić information content (AvgIpc) is 3.00. The van der Waals surface area contributed by atoms with Crippen molar-refractivity contribution in [3.63, 3.8) is 0 Å². The molecule has 1 aromatic carbocycles. The van der Waals surface area contributed by atoms with Crippen LogP contribution in [0.5, 0.6) is 5.75 Å². The number of rotatable bonds is 9. The fraction of sp³-hybridized carbons (Fsp3) is 0.500. The van der Waals surface area contributed by atoms with Crippen LogP contribution in [0.2, 0.25) is 5.02 Å². The van der Waals surface area contributed by atoms with Crippen LogP contribution in [0.25, 0.3) is 0 Å². The van der Waals surface area contributed by atoms with Crippen LogP contribution in [-0.2, 0) is 9.53 Å². The quantitative estimate of drug-likeness (QED) is 0.632. The van der Waals surface area contributed by atoms with Crippen LogP contribution in [0, 0.1) is 11.7 Å². The lowest BCUT2D eigenvalue weighted by Gasteiger charge is -2.28. The van der Waals surface area contributed by atoms with Crippen molar-refractivity contribution in [1.29, 1.82) is 0 Å². The monoisotopic (exact) mass is 410 g/mol. The molecular formula is C20H24ClFN2O4. The number of benzene rings is 1. The summed E-state index contributed by atoms with van der Waals surface area (Å²) in [6.45, 7) is 5.38. The first-order chi connectivity index (χ1) is 13.4. The lowest BCUT2D eigenvalue weighted by atomic mass is 9.85. The Hall–Kier alpha value is -2.28. The van der Waals surface area contributed by atoms with Gasteiger partial charge in [-0.05, 0) is 42.9 Å². The predicted octanol–water partition coefficient (Wildman–Crippen LogP) is 3.54. The third-order valence-electron chi connectivity index (χ3n) is 5.08. The number of halogens is 2. The molecule has 1 N–H and O–H groups in total. The fourth-order valence-electron chi connectivity index (χ4n) is 3.15. The van der Waals surface area contributed by atoms with Gasteiger partial charge in [-0.2, -0.15) is 0 Å². The van der Waals surface area contributed by atoms with Crippen LogP contribution < -0.4 is 10.1 Å². The van der Waals surface area contributed by atoms with Gasteiger partial charge in [-0.25, -0.2) is 9.18 Å². The van der Waals surface area contributed by atoms with Gasteiger partial charge in [0, 0.05) is 19.2 Å². The van der Waals surface area contributed by atoms with Crippen molar-refractivity contribution < 1.29 is 23.5 Å². The molecule has 1 saturated carbocycles. The number of hydrogen-bond donors (Lipinski definition) is 1. The maximum Gasteiger partial charge on any atom is 0.410 e. The zero-order valence-electron chi connectivity index (χ0n) is 15.6. The van der Waals surface area contributed by atoms with Crippen molar-refractivity contribution in [2.75, 3.05) is 26.2 Å². The van der Waals surface area contributed by atoms with E-state index in [0.717, 1.165) is 18.2 Å². The van der Waals surface area contributed by atoms with Gasteiger partial charge in [0.05, 0.1) is 11.6 Å². The van der Waals surface area contributed by atoms with E-state index in [1.165, 1.54) is 31.4 Å². The molecule has 3 rings (SSSR count). The molecule has 2 fully saturated rings. The lowest BCUT2D eigenvalue weighted by Crippen LogP contribution is -2.34. The summed E-state index contributed by atoms with van der Waals surface area (Å²) in [7, 11) is 0. The van der Waals surface area contributed by atoms with Crippen molar-refractivity contribution in [1.82, 2.24) is 10.2 Å². The van der Waals surface area contributed by atoms with Crippen LogP contribution in [0.1, 0.15) is 25.7 Å². The van der Waals surface area contributed by atoms with Crippen LogP contribution >= 0.6 is 11.6 Å². The normalized spacial score (nSPS) is 19.1. The van der Waals surface area contributed by atoms with E-state index in [1.54, 1.807) is 4.90 Å². The molecule has 0 spiro atoms. The Morgan fingerprint density at radius 3 is 2.89 bits per heavy atom. The molecule has 1 saturated heterocycles. The summed E-state index contributed by atoms with van der Waals surface area (Å²) in [6.07, 6.45) is 3.46. The molecule has 152 valence electrons. The van der Waals surface area contributed by atoms with Crippen LogP contribution in [-0.4, -0.2) is 49.2 Å². The fourth-order valence-corrected chi connectivity index (χ4v) is 3.26. The van der Waals surface area contributed by atoms with Gasteiger partial charge in [-0.3, -0.25) is 4.79 Å². The summed E-state index contributed by atoms with van der Waals surface area (Å²) in [5, 5.41) is 2.70. The largest absolute Gasteiger partial charge is 0.484 e. The maximum atomic E-state index is 13.3. The highest BCUT2D eigenvalue weighted by molar-refractivity contribution is 6.30. The minimum Gasteiger partial charge on any atom is -0.484 e. The Balaban J connectivity index is 1.33. The first-order valence-electron chi connectivity index (χ1n) is 9.40. The third-order valence-corrected chi connectivity index (χ3v) is 5.38. The van der Waals surface area contributed by atoms with E-state index in [4.69, 9.17) is 21.1 Å². The smallest absolute Gasteiger partial charge is 0.410 e. The topological polar surface area (TPSA) is 67.9 Å². The molecule has 0 bridgehead atoms. The average molecular weight is 411 g/mol. The molecular weight excluding hydrogens is 387 g/mol. The molecule has 0 aromatic heterocycles. The van der Waals surface area contributed by atoms with Gasteiger partial charge < -0.3 is 19.7 Å². The maximum absolute atomic E-state index is 13.3. The van der Waals surface area contributed by atoms with Crippen molar-refractivity contribution in [2.45, 2.75) is 31.8 Å². The van der Waals surface area contributed by atoms with Crippen LogP contribution in [0.4, 0.5) is 9.18 Å².